The Kier molecular flexibility index (Phi) is 2.28. The number of hydrogen-bond donors (Lipinski definition) is 0. The summed E-state index contributed by atoms with van der Waals surface area (Å²) < 4.78 is 2.05. The van der Waals surface area contributed by atoms with Gasteiger partial charge in [-0.3, -0.25) is 0 Å². The molecule has 0 aliphatic heterocycles. The van der Waals surface area contributed by atoms with Gasteiger partial charge in [-0.1, -0.05) is 0 Å². The van der Waals surface area contributed by atoms with Crippen molar-refractivity contribution in [3.8, 4) is 12.3 Å². The molecule has 0 aliphatic rings. The Labute approximate surface area is 67.7 Å². The van der Waals surface area contributed by atoms with Crippen molar-refractivity contribution in [3.05, 3.63) is 29.6 Å². The zero-order valence-electron chi connectivity index (χ0n) is 6.96. The van der Waals surface area contributed by atoms with Crippen LogP contribution in [0.4, 0.5) is 0 Å². The van der Waals surface area contributed by atoms with E-state index in [9.17, 15) is 0 Å². The first kappa shape index (κ1) is 7.81. The molecular formula is C10H12N+. The van der Waals surface area contributed by atoms with Gasteiger partial charge in [-0.15, -0.1) is 6.42 Å². The highest BCUT2D eigenvalue weighted by atomic mass is 14.9. The van der Waals surface area contributed by atoms with Gasteiger partial charge in [0.25, 0.3) is 0 Å². The number of aryl methyl sites for hydroxylation is 2. The molecule has 11 heavy (non-hydrogen) atoms. The molecule has 1 aromatic heterocycles. The van der Waals surface area contributed by atoms with Crippen LogP contribution in [-0.2, 0) is 6.54 Å². The Hall–Kier alpha value is -1.29. The highest BCUT2D eigenvalue weighted by Gasteiger charge is 2.01. The molecule has 0 bridgehead atoms. The van der Waals surface area contributed by atoms with E-state index in [1.54, 1.807) is 0 Å². The normalized spacial score (nSPS) is 9.18. The number of pyridine rings is 1. The lowest BCUT2D eigenvalue weighted by Gasteiger charge is -1.95. The molecule has 0 saturated heterocycles. The van der Waals surface area contributed by atoms with Crippen molar-refractivity contribution in [1.82, 2.24) is 0 Å². The molecule has 0 atom stereocenters. The zero-order chi connectivity index (χ0) is 8.27. The van der Waals surface area contributed by atoms with Gasteiger partial charge < -0.3 is 0 Å². The van der Waals surface area contributed by atoms with Gasteiger partial charge in [-0.2, -0.15) is 4.57 Å². The minimum absolute atomic E-state index is 0.659. The van der Waals surface area contributed by atoms with Crippen molar-refractivity contribution in [2.45, 2.75) is 20.4 Å². The Morgan fingerprint density at radius 3 is 2.82 bits per heavy atom. The number of terminal acetylenes is 1. The maximum atomic E-state index is 5.20. The standard InChI is InChI=1S/C10H12N/c1-4-6-11-7-5-9(2)8-10(11)3/h1,5,7-8H,6H2,2-3H3/q+1. The summed E-state index contributed by atoms with van der Waals surface area (Å²) in [5.41, 5.74) is 2.48. The quantitative estimate of drug-likeness (QED) is 0.414. The van der Waals surface area contributed by atoms with Gasteiger partial charge in [-0.05, 0) is 18.4 Å². The molecule has 0 fully saturated rings. The average Bonchev–Trinajstić information content (AvgIpc) is 1.95. The van der Waals surface area contributed by atoms with Gasteiger partial charge >= 0.3 is 0 Å². The molecular weight excluding hydrogens is 134 g/mol. The lowest BCUT2D eigenvalue weighted by Crippen LogP contribution is -2.35. The second kappa shape index (κ2) is 3.21. The van der Waals surface area contributed by atoms with Crippen molar-refractivity contribution in [1.29, 1.82) is 0 Å². The Bertz CT molecular complexity index is 294. The van der Waals surface area contributed by atoms with E-state index in [0.717, 1.165) is 0 Å². The van der Waals surface area contributed by atoms with Crippen LogP contribution in [0.25, 0.3) is 0 Å². The summed E-state index contributed by atoms with van der Waals surface area (Å²) in [5.74, 6) is 2.61. The van der Waals surface area contributed by atoms with Crippen LogP contribution in [0.2, 0.25) is 0 Å². The second-order valence-corrected chi connectivity index (χ2v) is 2.68. The van der Waals surface area contributed by atoms with Crippen molar-refractivity contribution in [3.63, 3.8) is 0 Å². The Morgan fingerprint density at radius 2 is 2.27 bits per heavy atom. The highest BCUT2D eigenvalue weighted by Crippen LogP contribution is 1.95. The number of hydrogen-bond acceptors (Lipinski definition) is 0. The van der Waals surface area contributed by atoms with Crippen LogP contribution in [0.15, 0.2) is 18.3 Å². The largest absolute Gasteiger partial charge is 0.209 e. The molecule has 0 spiro atoms. The molecule has 0 saturated carbocycles. The predicted molar refractivity (Wildman–Crippen MR) is 44.9 cm³/mol. The molecule has 0 aromatic carbocycles. The fourth-order valence-corrected chi connectivity index (χ4v) is 1.06. The Morgan fingerprint density at radius 1 is 1.55 bits per heavy atom. The van der Waals surface area contributed by atoms with Crippen molar-refractivity contribution in [2.75, 3.05) is 0 Å². The summed E-state index contributed by atoms with van der Waals surface area (Å²) in [4.78, 5) is 0. The van der Waals surface area contributed by atoms with E-state index in [1.807, 2.05) is 10.8 Å². The summed E-state index contributed by atoms with van der Waals surface area (Å²) >= 11 is 0. The highest BCUT2D eigenvalue weighted by molar-refractivity contribution is 5.09. The van der Waals surface area contributed by atoms with Gasteiger partial charge in [0, 0.05) is 19.1 Å². The molecule has 1 aromatic rings. The summed E-state index contributed by atoms with van der Waals surface area (Å²) in [6, 6.07) is 4.18. The van der Waals surface area contributed by atoms with Gasteiger partial charge in [0.1, 0.15) is 0 Å². The van der Waals surface area contributed by atoms with Crippen molar-refractivity contribution >= 4 is 0 Å². The third-order valence-corrected chi connectivity index (χ3v) is 1.67. The maximum Gasteiger partial charge on any atom is 0.209 e. The summed E-state index contributed by atoms with van der Waals surface area (Å²) in [5, 5.41) is 0. The van der Waals surface area contributed by atoms with E-state index in [-0.39, 0.29) is 0 Å². The number of nitrogens with zero attached hydrogens (tertiary/aromatic N) is 1. The topological polar surface area (TPSA) is 3.88 Å². The SMILES string of the molecule is C#CC[n+]1ccc(C)cc1C. The molecule has 0 N–H and O–H groups in total. The Balaban J connectivity index is 3.01. The molecule has 56 valence electrons. The lowest BCUT2D eigenvalue weighted by molar-refractivity contribution is -0.690. The van der Waals surface area contributed by atoms with Crippen LogP contribution in [-0.4, -0.2) is 0 Å². The predicted octanol–water partition coefficient (Wildman–Crippen LogP) is 1.22. The molecule has 0 aliphatic carbocycles. The summed E-state index contributed by atoms with van der Waals surface area (Å²) in [7, 11) is 0. The minimum atomic E-state index is 0.659. The monoisotopic (exact) mass is 146 g/mol. The number of rotatable bonds is 1. The zero-order valence-corrected chi connectivity index (χ0v) is 6.96. The lowest BCUT2D eigenvalue weighted by atomic mass is 10.2. The molecule has 0 amide bonds. The summed E-state index contributed by atoms with van der Waals surface area (Å²) in [6.07, 6.45) is 7.22. The summed E-state index contributed by atoms with van der Waals surface area (Å²) in [6.45, 7) is 4.80. The smallest absolute Gasteiger partial charge is 0.191 e. The van der Waals surface area contributed by atoms with E-state index in [1.165, 1.54) is 11.3 Å². The van der Waals surface area contributed by atoms with Gasteiger partial charge in [0.2, 0.25) is 6.54 Å². The van der Waals surface area contributed by atoms with Gasteiger partial charge in [0.15, 0.2) is 11.9 Å². The van der Waals surface area contributed by atoms with Crippen LogP contribution in [0.1, 0.15) is 11.3 Å². The van der Waals surface area contributed by atoms with Crippen LogP contribution in [0.3, 0.4) is 0 Å². The first-order chi connectivity index (χ1) is 5.24. The van der Waals surface area contributed by atoms with Crippen molar-refractivity contribution in [2.24, 2.45) is 0 Å². The van der Waals surface area contributed by atoms with E-state index in [2.05, 4.69) is 31.9 Å². The first-order valence-corrected chi connectivity index (χ1v) is 3.64. The van der Waals surface area contributed by atoms with E-state index in [4.69, 9.17) is 6.42 Å². The molecule has 0 unspecified atom stereocenters. The first-order valence-electron chi connectivity index (χ1n) is 3.64. The van der Waals surface area contributed by atoms with Crippen LogP contribution in [0.5, 0.6) is 0 Å². The fraction of sp³-hybridized carbons (Fsp3) is 0.300. The molecule has 1 rings (SSSR count). The molecule has 1 heterocycles. The van der Waals surface area contributed by atoms with Gasteiger partial charge in [-0.25, -0.2) is 0 Å². The van der Waals surface area contributed by atoms with Gasteiger partial charge in [0.05, 0.1) is 0 Å². The molecule has 1 nitrogen and oxygen atoms in total. The van der Waals surface area contributed by atoms with E-state index in [0.29, 0.717) is 6.54 Å². The average molecular weight is 146 g/mol. The third-order valence-electron chi connectivity index (χ3n) is 1.67. The molecule has 0 radical (unpaired) electrons. The van der Waals surface area contributed by atoms with Crippen LogP contribution < -0.4 is 4.57 Å². The third kappa shape index (κ3) is 1.81. The second-order valence-electron chi connectivity index (χ2n) is 2.68. The minimum Gasteiger partial charge on any atom is -0.191 e. The fourth-order valence-electron chi connectivity index (χ4n) is 1.06. The maximum absolute atomic E-state index is 5.20. The van der Waals surface area contributed by atoms with Crippen LogP contribution >= 0.6 is 0 Å². The van der Waals surface area contributed by atoms with E-state index < -0.39 is 0 Å². The molecule has 1 heteroatoms. The number of aromatic nitrogens is 1. The van der Waals surface area contributed by atoms with E-state index >= 15 is 0 Å². The van der Waals surface area contributed by atoms with Crippen molar-refractivity contribution < 1.29 is 4.57 Å². The van der Waals surface area contributed by atoms with Crippen LogP contribution in [0, 0.1) is 26.2 Å².